The molecule has 0 aliphatic rings. The van der Waals surface area contributed by atoms with Gasteiger partial charge in [-0.2, -0.15) is 0 Å². The van der Waals surface area contributed by atoms with E-state index in [1.165, 1.54) is 38.2 Å². The summed E-state index contributed by atoms with van der Waals surface area (Å²) in [7, 11) is 0. The molecule has 0 bridgehead atoms. The van der Waals surface area contributed by atoms with Crippen molar-refractivity contribution >= 4 is 5.97 Å². The Bertz CT molecular complexity index is 290. The molecule has 0 amide bonds. The molecule has 0 rings (SSSR count). The lowest BCUT2D eigenvalue weighted by atomic mass is 9.67. The van der Waals surface area contributed by atoms with Crippen LogP contribution in [0.5, 0.6) is 0 Å². The van der Waals surface area contributed by atoms with Crippen LogP contribution in [0, 0.1) is 11.3 Å². The number of rotatable bonds is 9. The van der Waals surface area contributed by atoms with Crippen molar-refractivity contribution in [2.45, 2.75) is 79.2 Å². The first-order valence-corrected chi connectivity index (χ1v) is 7.54. The lowest BCUT2D eigenvalue weighted by Gasteiger charge is -2.45. The van der Waals surface area contributed by atoms with Crippen LogP contribution in [0.15, 0.2) is 12.7 Å². The summed E-state index contributed by atoms with van der Waals surface area (Å²) in [5, 5.41) is 0. The van der Waals surface area contributed by atoms with E-state index in [9.17, 15) is 4.79 Å². The molecule has 0 saturated heterocycles. The molecule has 0 aliphatic carbocycles. The third-order valence-corrected chi connectivity index (χ3v) is 4.80. The average Bonchev–Trinajstić information content (AvgIpc) is 2.33. The zero-order valence-electron chi connectivity index (χ0n) is 13.7. The second-order valence-corrected chi connectivity index (χ2v) is 6.61. The van der Waals surface area contributed by atoms with Gasteiger partial charge in [0.15, 0.2) is 0 Å². The van der Waals surface area contributed by atoms with E-state index in [4.69, 9.17) is 4.74 Å². The molecule has 0 N–H and O–H groups in total. The van der Waals surface area contributed by atoms with Crippen molar-refractivity contribution in [1.29, 1.82) is 0 Å². The van der Waals surface area contributed by atoms with E-state index in [0.29, 0.717) is 5.92 Å². The summed E-state index contributed by atoms with van der Waals surface area (Å²) in [4.78, 5) is 11.5. The van der Waals surface area contributed by atoms with Crippen molar-refractivity contribution in [1.82, 2.24) is 0 Å². The molecule has 1 atom stereocenters. The lowest BCUT2D eigenvalue weighted by Crippen LogP contribution is -2.46. The highest BCUT2D eigenvalue weighted by molar-refractivity contribution is 5.81. The highest BCUT2D eigenvalue weighted by Gasteiger charge is 2.43. The van der Waals surface area contributed by atoms with Gasteiger partial charge in [0.1, 0.15) is 5.60 Å². The number of carbonyl (C=O) groups excluding carboxylic acids is 1. The Morgan fingerprint density at radius 1 is 1.21 bits per heavy atom. The molecule has 0 fully saturated rings. The van der Waals surface area contributed by atoms with Gasteiger partial charge in [-0.05, 0) is 19.8 Å². The molecule has 0 heterocycles. The fourth-order valence-electron chi connectivity index (χ4n) is 2.26. The van der Waals surface area contributed by atoms with E-state index in [2.05, 4.69) is 34.3 Å². The highest BCUT2D eigenvalue weighted by Crippen LogP contribution is 2.42. The smallest absolute Gasteiger partial charge is 0.330 e. The maximum absolute atomic E-state index is 11.5. The van der Waals surface area contributed by atoms with Gasteiger partial charge in [0, 0.05) is 11.5 Å². The van der Waals surface area contributed by atoms with Crippen LogP contribution in [0.1, 0.15) is 73.6 Å². The van der Waals surface area contributed by atoms with Crippen molar-refractivity contribution in [3.05, 3.63) is 12.7 Å². The summed E-state index contributed by atoms with van der Waals surface area (Å²) in [6.45, 7) is 16.3. The molecule has 0 aromatic carbocycles. The number of hydrogen-bond acceptors (Lipinski definition) is 2. The molecule has 0 radical (unpaired) electrons. The van der Waals surface area contributed by atoms with E-state index in [0.717, 1.165) is 0 Å². The van der Waals surface area contributed by atoms with Crippen molar-refractivity contribution in [2.24, 2.45) is 11.3 Å². The van der Waals surface area contributed by atoms with Crippen LogP contribution in [0.3, 0.4) is 0 Å². The number of hydrogen-bond donors (Lipinski definition) is 0. The minimum Gasteiger partial charge on any atom is -0.456 e. The molecule has 0 aromatic heterocycles. The van der Waals surface area contributed by atoms with E-state index in [1.807, 2.05) is 13.8 Å². The first-order valence-electron chi connectivity index (χ1n) is 7.54. The summed E-state index contributed by atoms with van der Waals surface area (Å²) < 4.78 is 5.54. The van der Waals surface area contributed by atoms with Gasteiger partial charge in [-0.3, -0.25) is 0 Å². The summed E-state index contributed by atoms with van der Waals surface area (Å²) in [6.07, 6.45) is 7.54. The molecular weight excluding hydrogens is 236 g/mol. The fourth-order valence-corrected chi connectivity index (χ4v) is 2.26. The second-order valence-electron chi connectivity index (χ2n) is 6.61. The van der Waals surface area contributed by atoms with Gasteiger partial charge in [-0.25, -0.2) is 4.79 Å². The van der Waals surface area contributed by atoms with Crippen molar-refractivity contribution in [3.63, 3.8) is 0 Å². The number of ether oxygens (including phenoxy) is 1. The predicted molar refractivity (Wildman–Crippen MR) is 82.1 cm³/mol. The Balaban J connectivity index is 4.54. The normalized spacial score (nSPS) is 14.0. The monoisotopic (exact) mass is 268 g/mol. The molecule has 0 spiro atoms. The highest BCUT2D eigenvalue weighted by atomic mass is 16.6. The molecule has 0 saturated carbocycles. The van der Waals surface area contributed by atoms with E-state index < -0.39 is 5.60 Å². The van der Waals surface area contributed by atoms with E-state index >= 15 is 0 Å². The Morgan fingerprint density at radius 3 is 2.26 bits per heavy atom. The van der Waals surface area contributed by atoms with Crippen LogP contribution >= 0.6 is 0 Å². The molecule has 0 aromatic rings. The summed E-state index contributed by atoms with van der Waals surface area (Å²) in [5.74, 6) is 0.174. The van der Waals surface area contributed by atoms with Gasteiger partial charge in [0.25, 0.3) is 0 Å². The van der Waals surface area contributed by atoms with Crippen LogP contribution in [-0.2, 0) is 9.53 Å². The van der Waals surface area contributed by atoms with Crippen molar-refractivity contribution < 1.29 is 9.53 Å². The van der Waals surface area contributed by atoms with Gasteiger partial charge in [0.05, 0.1) is 0 Å². The maximum atomic E-state index is 11.5. The summed E-state index contributed by atoms with van der Waals surface area (Å²) >= 11 is 0. The van der Waals surface area contributed by atoms with E-state index in [-0.39, 0.29) is 11.4 Å². The summed E-state index contributed by atoms with van der Waals surface area (Å²) in [5.41, 5.74) is -0.541. The largest absolute Gasteiger partial charge is 0.456 e. The molecule has 0 aliphatic heterocycles. The molecule has 112 valence electrons. The third kappa shape index (κ3) is 5.38. The number of unbranched alkanes of at least 4 members (excludes halogenated alkanes) is 3. The number of carbonyl (C=O) groups is 1. The third-order valence-electron chi connectivity index (χ3n) is 4.80. The van der Waals surface area contributed by atoms with Crippen LogP contribution in [0.2, 0.25) is 0 Å². The molecule has 1 unspecified atom stereocenters. The van der Waals surface area contributed by atoms with Gasteiger partial charge < -0.3 is 4.74 Å². The van der Waals surface area contributed by atoms with Gasteiger partial charge in [0.2, 0.25) is 0 Å². The van der Waals surface area contributed by atoms with Crippen LogP contribution in [0.25, 0.3) is 0 Å². The topological polar surface area (TPSA) is 26.3 Å². The Labute approximate surface area is 119 Å². The van der Waals surface area contributed by atoms with Crippen molar-refractivity contribution in [2.75, 3.05) is 0 Å². The zero-order chi connectivity index (χ0) is 15.1. The van der Waals surface area contributed by atoms with Crippen LogP contribution in [0.4, 0.5) is 0 Å². The Kier molecular flexibility index (Phi) is 7.39. The molecule has 19 heavy (non-hydrogen) atoms. The second kappa shape index (κ2) is 7.72. The SMILES string of the molecule is C=CC(=O)OC(C)(C)C(C)(C)C(C)CCCCCC. The van der Waals surface area contributed by atoms with Crippen LogP contribution < -0.4 is 0 Å². The average molecular weight is 268 g/mol. The zero-order valence-corrected chi connectivity index (χ0v) is 13.7. The van der Waals surface area contributed by atoms with Crippen molar-refractivity contribution in [3.8, 4) is 0 Å². The van der Waals surface area contributed by atoms with E-state index in [1.54, 1.807) is 0 Å². The quantitative estimate of drug-likeness (QED) is 0.329. The maximum Gasteiger partial charge on any atom is 0.330 e. The number of esters is 1. The standard InChI is InChI=1S/C17H32O2/c1-8-10-11-12-13-14(3)16(4,5)17(6,7)19-15(18)9-2/h9,14H,2,8,10-13H2,1,3-7H3. The minimum atomic E-state index is -0.484. The van der Waals surface area contributed by atoms with Gasteiger partial charge in [-0.15, -0.1) is 0 Å². The molecule has 2 nitrogen and oxygen atoms in total. The van der Waals surface area contributed by atoms with Crippen LogP contribution in [-0.4, -0.2) is 11.6 Å². The Morgan fingerprint density at radius 2 is 1.79 bits per heavy atom. The lowest BCUT2D eigenvalue weighted by molar-refractivity contribution is -0.167. The summed E-state index contributed by atoms with van der Waals surface area (Å²) in [6, 6.07) is 0. The first-order chi connectivity index (χ1) is 8.69. The minimum absolute atomic E-state index is 0.0577. The molecular formula is C17H32O2. The fraction of sp³-hybridized carbons (Fsp3) is 0.824. The molecule has 2 heteroatoms. The first kappa shape index (κ1) is 18.2. The Hall–Kier alpha value is -0.790. The van der Waals surface area contributed by atoms with Gasteiger partial charge >= 0.3 is 5.97 Å². The predicted octanol–water partition coefficient (Wildman–Crippen LogP) is 5.13. The van der Waals surface area contributed by atoms with Gasteiger partial charge in [-0.1, -0.05) is 66.4 Å².